The lowest BCUT2D eigenvalue weighted by molar-refractivity contribution is 0.103. The van der Waals surface area contributed by atoms with Gasteiger partial charge in [-0.1, -0.05) is 12.1 Å². The lowest BCUT2D eigenvalue weighted by atomic mass is 10.2. The summed E-state index contributed by atoms with van der Waals surface area (Å²) in [5, 5.41) is 3.88. The Morgan fingerprint density at radius 1 is 1.10 bits per heavy atom. The summed E-state index contributed by atoms with van der Waals surface area (Å²) in [6.45, 7) is 10.3. The number of anilines is 2. The molecule has 6 heteroatoms. The molecule has 0 saturated heterocycles. The van der Waals surface area contributed by atoms with E-state index < -0.39 is 0 Å². The molecule has 0 radical (unpaired) electrons. The third kappa shape index (κ3) is 5.28. The molecule has 0 unspecified atom stereocenters. The number of rotatable bonds is 8. The van der Waals surface area contributed by atoms with Crippen LogP contribution >= 0.6 is 11.3 Å². The van der Waals surface area contributed by atoms with Gasteiger partial charge in [-0.3, -0.25) is 9.69 Å². The van der Waals surface area contributed by atoms with Gasteiger partial charge >= 0.3 is 0 Å². The van der Waals surface area contributed by atoms with Crippen LogP contribution in [0.3, 0.4) is 0 Å². The number of nitrogen functional groups attached to an aromatic ring is 1. The normalized spacial score (nSPS) is 11.6. The standard InChI is InChI=1S/C23H29N3O2S/c1-15(2)26(16(3)4)11-12-28-18-9-10-21-17(13-18)14-22(29-21)23(27)25-20-8-6-5-7-19(20)24/h5-10,13-16H,11-12,24H2,1-4H3,(H,25,27). The van der Waals surface area contributed by atoms with E-state index in [1.54, 1.807) is 12.1 Å². The van der Waals surface area contributed by atoms with E-state index in [-0.39, 0.29) is 5.91 Å². The van der Waals surface area contributed by atoms with Gasteiger partial charge in [0.05, 0.1) is 16.3 Å². The molecule has 0 atom stereocenters. The Bertz CT molecular complexity index is 973. The van der Waals surface area contributed by atoms with Gasteiger partial charge in [-0.25, -0.2) is 0 Å². The number of nitrogens with one attached hydrogen (secondary N) is 1. The third-order valence-electron chi connectivity index (χ3n) is 4.87. The fourth-order valence-corrected chi connectivity index (χ4v) is 4.34. The maximum Gasteiger partial charge on any atom is 0.265 e. The van der Waals surface area contributed by atoms with E-state index in [0.717, 1.165) is 22.4 Å². The second-order valence-corrected chi connectivity index (χ2v) is 8.71. The average molecular weight is 412 g/mol. The van der Waals surface area contributed by atoms with Gasteiger partial charge in [0.2, 0.25) is 0 Å². The number of benzene rings is 2. The van der Waals surface area contributed by atoms with Gasteiger partial charge in [-0.15, -0.1) is 11.3 Å². The largest absolute Gasteiger partial charge is 0.492 e. The van der Waals surface area contributed by atoms with Gasteiger partial charge in [-0.2, -0.15) is 0 Å². The van der Waals surface area contributed by atoms with Crippen molar-refractivity contribution in [3.63, 3.8) is 0 Å². The first-order valence-electron chi connectivity index (χ1n) is 9.93. The van der Waals surface area contributed by atoms with Crippen LogP contribution in [-0.4, -0.2) is 36.0 Å². The van der Waals surface area contributed by atoms with Crippen LogP contribution in [0.15, 0.2) is 48.5 Å². The van der Waals surface area contributed by atoms with Crippen molar-refractivity contribution in [2.45, 2.75) is 39.8 Å². The SMILES string of the molecule is CC(C)N(CCOc1ccc2sc(C(=O)Nc3ccccc3N)cc2c1)C(C)C. The van der Waals surface area contributed by atoms with Crippen LogP contribution in [0.5, 0.6) is 5.75 Å². The average Bonchev–Trinajstić information content (AvgIpc) is 3.10. The zero-order valence-electron chi connectivity index (χ0n) is 17.4. The van der Waals surface area contributed by atoms with Crippen molar-refractivity contribution in [3.8, 4) is 5.75 Å². The number of hydrogen-bond acceptors (Lipinski definition) is 5. The van der Waals surface area contributed by atoms with Crippen molar-refractivity contribution in [1.82, 2.24) is 4.90 Å². The second kappa shape index (κ2) is 9.29. The van der Waals surface area contributed by atoms with Gasteiger partial charge in [-0.05, 0) is 69.5 Å². The first-order chi connectivity index (χ1) is 13.8. The number of nitrogens with zero attached hydrogens (tertiary/aromatic N) is 1. The van der Waals surface area contributed by atoms with E-state index in [9.17, 15) is 4.79 Å². The van der Waals surface area contributed by atoms with E-state index in [1.165, 1.54) is 11.3 Å². The summed E-state index contributed by atoms with van der Waals surface area (Å²) in [6, 6.07) is 16.1. The highest BCUT2D eigenvalue weighted by atomic mass is 32.1. The second-order valence-electron chi connectivity index (χ2n) is 7.63. The summed E-state index contributed by atoms with van der Waals surface area (Å²) < 4.78 is 7.02. The van der Waals surface area contributed by atoms with E-state index in [0.29, 0.717) is 34.9 Å². The first kappa shape index (κ1) is 21.1. The molecule has 1 aromatic heterocycles. The Balaban J connectivity index is 1.66. The fourth-order valence-electron chi connectivity index (χ4n) is 3.40. The highest BCUT2D eigenvalue weighted by Gasteiger charge is 2.14. The number of nitrogens with two attached hydrogens (primary N) is 1. The number of hydrogen-bond donors (Lipinski definition) is 2. The number of ether oxygens (including phenoxy) is 1. The number of thiophene rings is 1. The van der Waals surface area contributed by atoms with Crippen molar-refractivity contribution >= 4 is 38.7 Å². The molecule has 0 saturated carbocycles. The van der Waals surface area contributed by atoms with E-state index in [1.807, 2.05) is 36.4 Å². The molecule has 0 aliphatic heterocycles. The summed E-state index contributed by atoms with van der Waals surface area (Å²) in [6.07, 6.45) is 0. The number of carbonyl (C=O) groups is 1. The van der Waals surface area contributed by atoms with Crippen molar-refractivity contribution in [3.05, 3.63) is 53.4 Å². The molecule has 1 amide bonds. The monoisotopic (exact) mass is 411 g/mol. The number of carbonyl (C=O) groups excluding carboxylic acids is 1. The first-order valence-corrected chi connectivity index (χ1v) is 10.7. The Labute approximate surface area is 176 Å². The minimum absolute atomic E-state index is 0.156. The van der Waals surface area contributed by atoms with Gasteiger partial charge in [0.25, 0.3) is 5.91 Å². The minimum Gasteiger partial charge on any atom is -0.492 e. The molecule has 0 aliphatic rings. The zero-order valence-corrected chi connectivity index (χ0v) is 18.3. The van der Waals surface area contributed by atoms with Gasteiger partial charge < -0.3 is 15.8 Å². The Hall–Kier alpha value is -2.57. The molecule has 3 rings (SSSR count). The van der Waals surface area contributed by atoms with Crippen LogP contribution in [0.4, 0.5) is 11.4 Å². The van der Waals surface area contributed by atoms with Crippen LogP contribution < -0.4 is 15.8 Å². The van der Waals surface area contributed by atoms with Crippen LogP contribution in [-0.2, 0) is 0 Å². The maximum atomic E-state index is 12.6. The molecule has 3 aromatic rings. The molecule has 2 aromatic carbocycles. The molecular formula is C23H29N3O2S. The zero-order chi connectivity index (χ0) is 21.0. The molecule has 0 fully saturated rings. The summed E-state index contributed by atoms with van der Waals surface area (Å²) in [4.78, 5) is 15.7. The third-order valence-corrected chi connectivity index (χ3v) is 5.98. The molecule has 154 valence electrons. The Kier molecular flexibility index (Phi) is 6.77. The summed E-state index contributed by atoms with van der Waals surface area (Å²) in [5.74, 6) is 0.665. The lowest BCUT2D eigenvalue weighted by Crippen LogP contribution is -2.39. The molecule has 29 heavy (non-hydrogen) atoms. The van der Waals surface area contributed by atoms with Crippen LogP contribution in [0.25, 0.3) is 10.1 Å². The molecule has 0 spiro atoms. The predicted molar refractivity (Wildman–Crippen MR) is 123 cm³/mol. The van der Waals surface area contributed by atoms with E-state index >= 15 is 0 Å². The Morgan fingerprint density at radius 3 is 2.52 bits per heavy atom. The van der Waals surface area contributed by atoms with Crippen molar-refractivity contribution in [2.24, 2.45) is 0 Å². The lowest BCUT2D eigenvalue weighted by Gasteiger charge is -2.30. The van der Waals surface area contributed by atoms with Crippen LogP contribution in [0.2, 0.25) is 0 Å². The maximum absolute atomic E-state index is 12.6. The van der Waals surface area contributed by atoms with E-state index in [4.69, 9.17) is 10.5 Å². The molecule has 3 N–H and O–H groups in total. The van der Waals surface area contributed by atoms with Crippen LogP contribution in [0, 0.1) is 0 Å². The van der Waals surface area contributed by atoms with Gasteiger partial charge in [0, 0.05) is 23.3 Å². The molecule has 5 nitrogen and oxygen atoms in total. The molecule has 1 heterocycles. The molecular weight excluding hydrogens is 382 g/mol. The molecule has 0 bridgehead atoms. The number of para-hydroxylation sites is 2. The summed E-state index contributed by atoms with van der Waals surface area (Å²) in [5.41, 5.74) is 7.09. The molecule has 0 aliphatic carbocycles. The quantitative estimate of drug-likeness (QED) is 0.498. The summed E-state index contributed by atoms with van der Waals surface area (Å²) >= 11 is 1.46. The highest BCUT2D eigenvalue weighted by Crippen LogP contribution is 2.30. The van der Waals surface area contributed by atoms with Gasteiger partial charge in [0.15, 0.2) is 0 Å². The minimum atomic E-state index is -0.156. The predicted octanol–water partition coefficient (Wildman–Crippen LogP) is 5.23. The van der Waals surface area contributed by atoms with Crippen molar-refractivity contribution in [1.29, 1.82) is 0 Å². The van der Waals surface area contributed by atoms with Gasteiger partial charge in [0.1, 0.15) is 12.4 Å². The number of amides is 1. The fraction of sp³-hybridized carbons (Fsp3) is 0.348. The Morgan fingerprint density at radius 2 is 1.83 bits per heavy atom. The number of fused-ring (bicyclic) bond motifs is 1. The van der Waals surface area contributed by atoms with Crippen molar-refractivity contribution < 1.29 is 9.53 Å². The smallest absolute Gasteiger partial charge is 0.265 e. The van der Waals surface area contributed by atoms with Crippen molar-refractivity contribution in [2.75, 3.05) is 24.2 Å². The highest BCUT2D eigenvalue weighted by molar-refractivity contribution is 7.20. The van der Waals surface area contributed by atoms with E-state index in [2.05, 4.69) is 37.9 Å². The summed E-state index contributed by atoms with van der Waals surface area (Å²) in [7, 11) is 0. The topological polar surface area (TPSA) is 67.6 Å². The van der Waals surface area contributed by atoms with Crippen LogP contribution in [0.1, 0.15) is 37.4 Å².